The number of benzene rings is 1. The molecular weight excluding hydrogens is 421 g/mol. The molecule has 0 spiro atoms. The molecule has 1 atom stereocenters. The largest absolute Gasteiger partial charge is 0.436 e. The van der Waals surface area contributed by atoms with Gasteiger partial charge < -0.3 is 14.9 Å². The van der Waals surface area contributed by atoms with Gasteiger partial charge in [-0.2, -0.15) is 13.5 Å². The minimum atomic E-state index is -0.513. The Balaban J connectivity index is 0.00000231. The third-order valence-corrected chi connectivity index (χ3v) is 5.58. The fourth-order valence-electron chi connectivity index (χ4n) is 4.23. The van der Waals surface area contributed by atoms with Crippen LogP contribution in [0.5, 0.6) is 6.01 Å². The van der Waals surface area contributed by atoms with Crippen LogP contribution in [-0.2, 0) is 19.5 Å². The number of halogens is 1. The van der Waals surface area contributed by atoms with Crippen molar-refractivity contribution < 1.29 is 14.1 Å². The molecule has 4 heterocycles. The van der Waals surface area contributed by atoms with E-state index >= 15 is 0 Å². The van der Waals surface area contributed by atoms with Crippen molar-refractivity contribution in [2.24, 2.45) is 0 Å². The predicted molar refractivity (Wildman–Crippen MR) is 117 cm³/mol. The minimum Gasteiger partial charge on any atom is -0.436 e. The van der Waals surface area contributed by atoms with Gasteiger partial charge in [0.15, 0.2) is 0 Å². The lowest BCUT2D eigenvalue weighted by Gasteiger charge is -2.34. The topological polar surface area (TPSA) is 86.3 Å². The van der Waals surface area contributed by atoms with E-state index in [0.29, 0.717) is 19.1 Å². The third kappa shape index (κ3) is 4.13. The molecule has 0 radical (unpaired) electrons. The van der Waals surface area contributed by atoms with Crippen molar-refractivity contribution in [1.29, 1.82) is 0 Å². The SMILES string of the molecule is C[C@]1(CN2CCc3nc(-c4ccc(F)cc4)ccc3C2)Cn2cc([N+](=O)[O-])nc2O1.S. The van der Waals surface area contributed by atoms with E-state index in [1.807, 2.05) is 13.0 Å². The van der Waals surface area contributed by atoms with E-state index in [4.69, 9.17) is 9.72 Å². The number of hydrogen-bond acceptors (Lipinski definition) is 6. The van der Waals surface area contributed by atoms with Gasteiger partial charge in [-0.3, -0.25) is 14.5 Å². The van der Waals surface area contributed by atoms with Crippen molar-refractivity contribution >= 4 is 19.3 Å². The molecule has 2 aliphatic rings. The average Bonchev–Trinajstić information content (AvgIpc) is 3.23. The summed E-state index contributed by atoms with van der Waals surface area (Å²) in [6.07, 6.45) is 2.24. The van der Waals surface area contributed by atoms with Crippen LogP contribution in [0.4, 0.5) is 10.2 Å². The average molecular weight is 444 g/mol. The molecule has 0 bridgehead atoms. The highest BCUT2D eigenvalue weighted by molar-refractivity contribution is 7.59. The van der Waals surface area contributed by atoms with E-state index in [1.54, 1.807) is 16.7 Å². The molecule has 5 rings (SSSR count). The van der Waals surface area contributed by atoms with Crippen LogP contribution in [-0.4, -0.2) is 43.0 Å². The Bertz CT molecular complexity index is 1110. The molecule has 0 saturated heterocycles. The first-order valence-corrected chi connectivity index (χ1v) is 9.76. The second-order valence-corrected chi connectivity index (χ2v) is 8.09. The van der Waals surface area contributed by atoms with Crippen molar-refractivity contribution in [3.8, 4) is 17.3 Å². The molecule has 0 aliphatic carbocycles. The van der Waals surface area contributed by atoms with Crippen molar-refractivity contribution in [3.63, 3.8) is 0 Å². The van der Waals surface area contributed by atoms with Crippen LogP contribution >= 0.6 is 13.5 Å². The van der Waals surface area contributed by atoms with Crippen LogP contribution in [0.1, 0.15) is 18.2 Å². The first-order valence-electron chi connectivity index (χ1n) is 9.76. The molecular formula is C21H22FN5O3S. The van der Waals surface area contributed by atoms with Crippen LogP contribution in [0, 0.1) is 15.9 Å². The van der Waals surface area contributed by atoms with Crippen LogP contribution in [0.2, 0.25) is 0 Å². The summed E-state index contributed by atoms with van der Waals surface area (Å²) in [6.45, 7) is 4.80. The molecule has 0 fully saturated rings. The fourth-order valence-corrected chi connectivity index (χ4v) is 4.23. The number of nitrogens with zero attached hydrogens (tertiary/aromatic N) is 5. The highest BCUT2D eigenvalue weighted by Crippen LogP contribution is 2.32. The van der Waals surface area contributed by atoms with Crippen LogP contribution in [0.15, 0.2) is 42.6 Å². The van der Waals surface area contributed by atoms with E-state index in [1.165, 1.54) is 23.9 Å². The minimum absolute atomic E-state index is 0. The zero-order valence-electron chi connectivity index (χ0n) is 16.9. The van der Waals surface area contributed by atoms with Gasteiger partial charge in [0.1, 0.15) is 17.6 Å². The Labute approximate surface area is 185 Å². The zero-order chi connectivity index (χ0) is 20.9. The maximum Gasteiger partial charge on any atom is 0.415 e. The molecule has 2 aliphatic heterocycles. The lowest BCUT2D eigenvalue weighted by molar-refractivity contribution is -0.389. The van der Waals surface area contributed by atoms with E-state index in [2.05, 4.69) is 16.0 Å². The highest BCUT2D eigenvalue weighted by atomic mass is 32.1. The van der Waals surface area contributed by atoms with Gasteiger partial charge in [0.2, 0.25) is 0 Å². The van der Waals surface area contributed by atoms with E-state index in [-0.39, 0.29) is 25.1 Å². The summed E-state index contributed by atoms with van der Waals surface area (Å²) in [5.74, 6) is -0.450. The first kappa shape index (κ1) is 21.3. The molecule has 8 nitrogen and oxygen atoms in total. The highest BCUT2D eigenvalue weighted by Gasteiger charge is 2.41. The van der Waals surface area contributed by atoms with Crippen LogP contribution in [0.3, 0.4) is 0 Å². The maximum atomic E-state index is 13.2. The van der Waals surface area contributed by atoms with Crippen molar-refractivity contribution in [2.75, 3.05) is 13.1 Å². The van der Waals surface area contributed by atoms with Crippen LogP contribution < -0.4 is 4.74 Å². The summed E-state index contributed by atoms with van der Waals surface area (Å²) >= 11 is 0. The maximum absolute atomic E-state index is 13.2. The Hall–Kier alpha value is -2.98. The number of aromatic nitrogens is 3. The number of fused-ring (bicyclic) bond motifs is 2. The Morgan fingerprint density at radius 2 is 2.00 bits per heavy atom. The molecule has 3 aromatic rings. The van der Waals surface area contributed by atoms with Gasteiger partial charge >= 0.3 is 11.8 Å². The van der Waals surface area contributed by atoms with Crippen molar-refractivity contribution in [2.45, 2.75) is 32.0 Å². The molecule has 31 heavy (non-hydrogen) atoms. The molecule has 0 N–H and O–H groups in total. The predicted octanol–water partition coefficient (Wildman–Crippen LogP) is 3.31. The number of nitro groups is 1. The van der Waals surface area contributed by atoms with E-state index < -0.39 is 10.5 Å². The van der Waals surface area contributed by atoms with E-state index in [0.717, 1.165) is 36.5 Å². The number of imidazole rings is 1. The monoisotopic (exact) mass is 443 g/mol. The second-order valence-electron chi connectivity index (χ2n) is 8.09. The Kier molecular flexibility index (Phi) is 5.44. The normalized spacial score (nSPS) is 19.8. The van der Waals surface area contributed by atoms with Gasteiger partial charge in [-0.1, -0.05) is 6.07 Å². The number of pyridine rings is 1. The van der Waals surface area contributed by atoms with Gasteiger partial charge in [-0.15, -0.1) is 0 Å². The molecule has 0 unspecified atom stereocenters. The van der Waals surface area contributed by atoms with E-state index in [9.17, 15) is 14.5 Å². The molecule has 0 saturated carbocycles. The van der Waals surface area contributed by atoms with Crippen molar-refractivity contribution in [1.82, 2.24) is 19.4 Å². The lowest BCUT2D eigenvalue weighted by atomic mass is 10.0. The Morgan fingerprint density at radius 3 is 2.71 bits per heavy atom. The van der Waals surface area contributed by atoms with Gasteiger partial charge in [-0.05, 0) is 47.7 Å². The summed E-state index contributed by atoms with van der Waals surface area (Å²) in [5, 5.41) is 10.9. The number of hydrogen-bond donors (Lipinski definition) is 0. The van der Waals surface area contributed by atoms with Crippen molar-refractivity contribution in [3.05, 3.63) is 69.8 Å². The van der Waals surface area contributed by atoms with Gasteiger partial charge in [-0.25, -0.2) is 4.39 Å². The second kappa shape index (κ2) is 7.93. The Morgan fingerprint density at radius 1 is 1.23 bits per heavy atom. The quantitative estimate of drug-likeness (QED) is 0.454. The smallest absolute Gasteiger partial charge is 0.415 e. The first-order chi connectivity index (χ1) is 14.4. The number of rotatable bonds is 4. The number of ether oxygens (including phenoxy) is 1. The summed E-state index contributed by atoms with van der Waals surface area (Å²) in [5.41, 5.74) is 3.49. The van der Waals surface area contributed by atoms with Gasteiger partial charge in [0.25, 0.3) is 0 Å². The molecule has 10 heteroatoms. The van der Waals surface area contributed by atoms with Gasteiger partial charge in [0, 0.05) is 42.3 Å². The molecule has 0 amide bonds. The lowest BCUT2D eigenvalue weighted by Crippen LogP contribution is -2.46. The standard InChI is InChI=1S/C21H20FN5O3.H2S/c1-21(13-26-11-19(27(28)29)24-20(26)30-21)12-25-9-8-18-15(10-25)4-7-17(23-18)14-2-5-16(22)6-3-14;/h2-7,11H,8-10,12-13H2,1H3;1H2/t21-;/m0./s1. The van der Waals surface area contributed by atoms with Gasteiger partial charge in [0.05, 0.1) is 12.2 Å². The summed E-state index contributed by atoms with van der Waals surface area (Å²) < 4.78 is 20.8. The zero-order valence-corrected chi connectivity index (χ0v) is 17.9. The molecule has 2 aromatic heterocycles. The molecule has 162 valence electrons. The summed E-state index contributed by atoms with van der Waals surface area (Å²) in [7, 11) is 0. The van der Waals surface area contributed by atoms with Crippen LogP contribution in [0.25, 0.3) is 11.3 Å². The molecule has 1 aromatic carbocycles. The third-order valence-electron chi connectivity index (χ3n) is 5.58. The fraction of sp³-hybridized carbons (Fsp3) is 0.333. The summed E-state index contributed by atoms with van der Waals surface area (Å²) in [6, 6.07) is 10.7. The summed E-state index contributed by atoms with van der Waals surface area (Å²) in [4.78, 5) is 21.4.